The van der Waals surface area contributed by atoms with E-state index in [2.05, 4.69) is 26.3 Å². The first-order valence-electron chi connectivity index (χ1n) is 4.79. The van der Waals surface area contributed by atoms with Gasteiger partial charge in [0, 0.05) is 13.0 Å². The molecule has 0 unspecified atom stereocenters. The summed E-state index contributed by atoms with van der Waals surface area (Å²) in [4.78, 5) is 21.1. The molecule has 0 aliphatic rings. The van der Waals surface area contributed by atoms with Gasteiger partial charge >= 0.3 is 5.82 Å². The molecule has 1 aromatic heterocycles. The summed E-state index contributed by atoms with van der Waals surface area (Å²) >= 11 is 3.01. The molecule has 1 heterocycles. The molecule has 0 fully saturated rings. The first kappa shape index (κ1) is 13.6. The zero-order valence-corrected chi connectivity index (χ0v) is 10.4. The van der Waals surface area contributed by atoms with Crippen LogP contribution in [-0.2, 0) is 11.3 Å². The lowest BCUT2D eigenvalue weighted by Gasteiger charge is -2.00. The Morgan fingerprint density at radius 2 is 2.41 bits per heavy atom. The van der Waals surface area contributed by atoms with E-state index in [1.54, 1.807) is 0 Å². The first-order chi connectivity index (χ1) is 8.04. The Balaban J connectivity index is 2.50. The number of aliphatic hydroxyl groups excluding tert-OH is 1. The van der Waals surface area contributed by atoms with E-state index in [9.17, 15) is 14.9 Å². The Morgan fingerprint density at radius 1 is 1.71 bits per heavy atom. The van der Waals surface area contributed by atoms with Crippen molar-refractivity contribution in [2.75, 3.05) is 13.2 Å². The number of halogens is 1. The predicted octanol–water partition coefficient (Wildman–Crippen LogP) is 0.0524. The molecule has 94 valence electrons. The van der Waals surface area contributed by atoms with Crippen molar-refractivity contribution in [3.63, 3.8) is 0 Å². The molecule has 0 aromatic carbocycles. The van der Waals surface area contributed by atoms with E-state index in [-0.39, 0.29) is 42.3 Å². The summed E-state index contributed by atoms with van der Waals surface area (Å²) < 4.78 is 1.60. The minimum absolute atomic E-state index is 0.121. The van der Waals surface area contributed by atoms with Crippen LogP contribution in [-0.4, -0.2) is 38.9 Å². The number of hydrogen-bond donors (Lipinski definition) is 2. The Kier molecular flexibility index (Phi) is 5.04. The van der Waals surface area contributed by atoms with Crippen molar-refractivity contribution in [3.8, 4) is 0 Å². The third-order valence-electron chi connectivity index (χ3n) is 1.87. The van der Waals surface area contributed by atoms with Crippen molar-refractivity contribution in [1.29, 1.82) is 0 Å². The minimum atomic E-state index is -0.605. The summed E-state index contributed by atoms with van der Waals surface area (Å²) in [5.41, 5.74) is 0. The molecule has 0 spiro atoms. The third kappa shape index (κ3) is 4.11. The second-order valence-corrected chi connectivity index (χ2v) is 4.00. The van der Waals surface area contributed by atoms with Crippen LogP contribution in [0.3, 0.4) is 0 Å². The molecular weight excluding hydrogens is 296 g/mol. The molecule has 9 heteroatoms. The average Bonchev–Trinajstić information content (AvgIpc) is 2.65. The number of nitro groups is 1. The summed E-state index contributed by atoms with van der Waals surface area (Å²) in [6.07, 6.45) is 1.59. The molecule has 0 saturated heterocycles. The standard InChI is InChI=1S/C8H11BrN4O4/c9-6-5-12(11-8(6)13(16)17)3-1-7(15)10-2-4-14/h5,14H,1-4H2,(H,10,15). The van der Waals surface area contributed by atoms with Gasteiger partial charge in [-0.25, -0.2) is 0 Å². The quantitative estimate of drug-likeness (QED) is 0.570. The van der Waals surface area contributed by atoms with Gasteiger partial charge in [0.05, 0.1) is 24.4 Å². The van der Waals surface area contributed by atoms with E-state index in [0.717, 1.165) is 0 Å². The van der Waals surface area contributed by atoms with E-state index in [0.29, 0.717) is 0 Å². The van der Waals surface area contributed by atoms with Gasteiger partial charge in [0.25, 0.3) is 0 Å². The van der Waals surface area contributed by atoms with Crippen LogP contribution in [0.2, 0.25) is 0 Å². The van der Waals surface area contributed by atoms with Crippen molar-refractivity contribution >= 4 is 27.7 Å². The van der Waals surface area contributed by atoms with Crippen LogP contribution in [0.15, 0.2) is 10.7 Å². The summed E-state index contributed by atoms with van der Waals surface area (Å²) in [6, 6.07) is 0. The number of aryl methyl sites for hydroxylation is 1. The summed E-state index contributed by atoms with van der Waals surface area (Å²) in [5, 5.41) is 25.2. The van der Waals surface area contributed by atoms with Crippen molar-refractivity contribution < 1.29 is 14.8 Å². The molecule has 0 bridgehead atoms. The van der Waals surface area contributed by atoms with Crippen LogP contribution in [0.5, 0.6) is 0 Å². The second kappa shape index (κ2) is 6.30. The van der Waals surface area contributed by atoms with Gasteiger partial charge in [0.2, 0.25) is 5.91 Å². The topological polar surface area (TPSA) is 110 Å². The van der Waals surface area contributed by atoms with Gasteiger partial charge in [-0.2, -0.15) is 4.68 Å². The van der Waals surface area contributed by atoms with Gasteiger partial charge in [-0.1, -0.05) is 0 Å². The molecule has 0 aliphatic carbocycles. The number of hydrogen-bond acceptors (Lipinski definition) is 5. The maximum absolute atomic E-state index is 11.2. The Morgan fingerprint density at radius 3 is 2.94 bits per heavy atom. The smallest absolute Gasteiger partial charge is 0.395 e. The molecule has 1 amide bonds. The largest absolute Gasteiger partial charge is 0.404 e. The van der Waals surface area contributed by atoms with Crippen LogP contribution >= 0.6 is 15.9 Å². The van der Waals surface area contributed by atoms with E-state index in [4.69, 9.17) is 5.11 Å². The van der Waals surface area contributed by atoms with E-state index in [1.807, 2.05) is 0 Å². The second-order valence-electron chi connectivity index (χ2n) is 3.14. The maximum atomic E-state index is 11.2. The number of rotatable bonds is 6. The van der Waals surface area contributed by atoms with Crippen molar-refractivity contribution in [2.45, 2.75) is 13.0 Å². The number of aromatic nitrogens is 2. The fraction of sp³-hybridized carbons (Fsp3) is 0.500. The highest BCUT2D eigenvalue weighted by molar-refractivity contribution is 9.10. The van der Waals surface area contributed by atoms with Crippen molar-refractivity contribution in [2.24, 2.45) is 0 Å². The average molecular weight is 307 g/mol. The highest BCUT2D eigenvalue weighted by atomic mass is 79.9. The van der Waals surface area contributed by atoms with Gasteiger partial charge < -0.3 is 20.5 Å². The lowest BCUT2D eigenvalue weighted by molar-refractivity contribution is -0.390. The van der Waals surface area contributed by atoms with E-state index >= 15 is 0 Å². The number of nitrogens with one attached hydrogen (secondary N) is 1. The fourth-order valence-electron chi connectivity index (χ4n) is 1.12. The number of amides is 1. The monoisotopic (exact) mass is 306 g/mol. The minimum Gasteiger partial charge on any atom is -0.395 e. The van der Waals surface area contributed by atoms with Crippen molar-refractivity contribution in [3.05, 3.63) is 20.8 Å². The number of aliphatic hydroxyl groups is 1. The van der Waals surface area contributed by atoms with E-state index in [1.165, 1.54) is 10.9 Å². The van der Waals surface area contributed by atoms with Gasteiger partial charge in [-0.15, -0.1) is 0 Å². The zero-order chi connectivity index (χ0) is 12.8. The van der Waals surface area contributed by atoms with Crippen LogP contribution in [0.25, 0.3) is 0 Å². The first-order valence-corrected chi connectivity index (χ1v) is 5.58. The van der Waals surface area contributed by atoms with Crippen LogP contribution in [0.4, 0.5) is 5.82 Å². The predicted molar refractivity (Wildman–Crippen MR) is 61.3 cm³/mol. The molecule has 1 aromatic rings. The van der Waals surface area contributed by atoms with Crippen LogP contribution in [0, 0.1) is 10.1 Å². The molecule has 0 radical (unpaired) electrons. The number of carbonyl (C=O) groups excluding carboxylic acids is 1. The molecule has 8 nitrogen and oxygen atoms in total. The van der Waals surface area contributed by atoms with Crippen LogP contribution < -0.4 is 5.32 Å². The number of carbonyl (C=O) groups is 1. The van der Waals surface area contributed by atoms with Gasteiger partial charge in [-0.3, -0.25) is 4.79 Å². The summed E-state index contributed by atoms with van der Waals surface area (Å²) in [7, 11) is 0. The SMILES string of the molecule is O=C(CCn1cc(Br)c([N+](=O)[O-])n1)NCCO. The van der Waals surface area contributed by atoms with Crippen LogP contribution in [0.1, 0.15) is 6.42 Å². The number of nitrogens with zero attached hydrogens (tertiary/aromatic N) is 3. The lowest BCUT2D eigenvalue weighted by atomic mass is 10.4. The molecule has 0 aliphatic heterocycles. The molecule has 0 saturated carbocycles. The molecular formula is C8H11BrN4O4. The summed E-state index contributed by atoms with van der Waals surface area (Å²) in [6.45, 7) is 0.315. The van der Waals surface area contributed by atoms with E-state index < -0.39 is 4.92 Å². The molecule has 0 atom stereocenters. The maximum Gasteiger partial charge on any atom is 0.404 e. The van der Waals surface area contributed by atoms with Crippen molar-refractivity contribution in [1.82, 2.24) is 15.1 Å². The molecule has 1 rings (SSSR count). The highest BCUT2D eigenvalue weighted by Crippen LogP contribution is 2.21. The van der Waals surface area contributed by atoms with Gasteiger partial charge in [0.1, 0.15) is 4.47 Å². The highest BCUT2D eigenvalue weighted by Gasteiger charge is 2.18. The molecule has 2 N–H and O–H groups in total. The lowest BCUT2D eigenvalue weighted by Crippen LogP contribution is -2.27. The zero-order valence-electron chi connectivity index (χ0n) is 8.80. The Bertz CT molecular complexity index is 420. The Labute approximate surface area is 105 Å². The van der Waals surface area contributed by atoms with Gasteiger partial charge in [-0.05, 0) is 20.9 Å². The third-order valence-corrected chi connectivity index (χ3v) is 2.43. The molecule has 17 heavy (non-hydrogen) atoms. The normalized spacial score (nSPS) is 10.2. The summed E-state index contributed by atoms with van der Waals surface area (Å²) in [5.74, 6) is -0.519. The Hall–Kier alpha value is -1.48. The van der Waals surface area contributed by atoms with Gasteiger partial charge in [0.15, 0.2) is 0 Å². The fourth-order valence-corrected chi connectivity index (χ4v) is 1.59.